The zero-order valence-electron chi connectivity index (χ0n) is 16.9. The van der Waals surface area contributed by atoms with Gasteiger partial charge in [0.25, 0.3) is 10.9 Å². The highest BCUT2D eigenvalue weighted by Crippen LogP contribution is 2.36. The van der Waals surface area contributed by atoms with Crippen LogP contribution in [0.2, 0.25) is 0 Å². The Balaban J connectivity index is 1.51. The summed E-state index contributed by atoms with van der Waals surface area (Å²) in [4.78, 5) is 10.8. The van der Waals surface area contributed by atoms with Crippen LogP contribution in [0.3, 0.4) is 0 Å². The van der Waals surface area contributed by atoms with Gasteiger partial charge in [-0.15, -0.1) is 10.2 Å². The van der Waals surface area contributed by atoms with E-state index < -0.39 is 4.92 Å². The minimum absolute atomic E-state index is 0.00334. The Kier molecular flexibility index (Phi) is 5.48. The molecule has 0 atom stereocenters. The summed E-state index contributed by atoms with van der Waals surface area (Å²) in [5.74, 6) is 1.45. The molecule has 0 radical (unpaired) electrons. The number of hydrogen-bond donors (Lipinski definition) is 0. The van der Waals surface area contributed by atoms with Crippen molar-refractivity contribution in [3.63, 3.8) is 0 Å². The predicted octanol–water partition coefficient (Wildman–Crippen LogP) is 5.10. The molecule has 0 bridgehead atoms. The monoisotopic (exact) mass is 427 g/mol. The number of non-ortho nitro benzene ring substituents is 1. The van der Waals surface area contributed by atoms with Crippen LogP contribution >= 0.6 is 11.8 Å². The molecule has 1 aliphatic rings. The van der Waals surface area contributed by atoms with E-state index in [-0.39, 0.29) is 24.5 Å². The van der Waals surface area contributed by atoms with Gasteiger partial charge in [0.05, 0.1) is 11.5 Å². The van der Waals surface area contributed by atoms with Gasteiger partial charge in [0.15, 0.2) is 6.79 Å². The highest BCUT2D eigenvalue weighted by Gasteiger charge is 2.22. The Bertz CT molecular complexity index is 1070. The largest absolute Gasteiger partial charge is 0.467 e. The molecule has 4 rings (SSSR count). The molecule has 1 aliphatic heterocycles. The molecular formula is C21H21N3O5S. The number of thioether (sulfide) groups is 1. The van der Waals surface area contributed by atoms with Gasteiger partial charge in [0.2, 0.25) is 5.89 Å². The molecule has 8 nitrogen and oxygen atoms in total. The topological polar surface area (TPSA) is 101 Å². The highest BCUT2D eigenvalue weighted by atomic mass is 32.2. The minimum atomic E-state index is -0.422. The molecular weight excluding hydrogens is 406 g/mol. The highest BCUT2D eigenvalue weighted by molar-refractivity contribution is 7.98. The molecule has 0 saturated carbocycles. The second kappa shape index (κ2) is 8.08. The predicted molar refractivity (Wildman–Crippen MR) is 111 cm³/mol. The van der Waals surface area contributed by atoms with Crippen molar-refractivity contribution < 1.29 is 18.8 Å². The summed E-state index contributed by atoms with van der Waals surface area (Å²) >= 11 is 1.31. The summed E-state index contributed by atoms with van der Waals surface area (Å²) in [6, 6.07) is 11.0. The molecule has 0 amide bonds. The first kappa shape index (κ1) is 20.4. The number of fused-ring (bicyclic) bond motifs is 1. The molecule has 0 saturated heterocycles. The number of ether oxygens (including phenoxy) is 2. The second-order valence-electron chi connectivity index (χ2n) is 7.95. The summed E-state index contributed by atoms with van der Waals surface area (Å²) in [6.45, 7) is 6.88. The molecule has 0 unspecified atom stereocenters. The van der Waals surface area contributed by atoms with E-state index in [0.29, 0.717) is 33.7 Å². The van der Waals surface area contributed by atoms with Crippen molar-refractivity contribution in [3.8, 4) is 17.2 Å². The Morgan fingerprint density at radius 1 is 1.17 bits per heavy atom. The first-order chi connectivity index (χ1) is 14.3. The molecule has 30 heavy (non-hydrogen) atoms. The number of rotatable bonds is 5. The molecule has 2 heterocycles. The fraction of sp³-hybridized carbons (Fsp3) is 0.333. The zero-order chi connectivity index (χ0) is 21.3. The number of aromatic nitrogens is 2. The van der Waals surface area contributed by atoms with Crippen LogP contribution in [0.15, 0.2) is 46.0 Å². The Hall–Kier alpha value is -2.91. The summed E-state index contributed by atoms with van der Waals surface area (Å²) in [5, 5.41) is 19.8. The van der Waals surface area contributed by atoms with Gasteiger partial charge in [0.1, 0.15) is 5.75 Å². The Morgan fingerprint density at radius 3 is 2.63 bits per heavy atom. The normalized spacial score (nSPS) is 13.6. The maximum absolute atomic E-state index is 11.2. The average molecular weight is 427 g/mol. The lowest BCUT2D eigenvalue weighted by Gasteiger charge is -2.20. The quantitative estimate of drug-likeness (QED) is 0.315. The van der Waals surface area contributed by atoms with E-state index in [9.17, 15) is 10.1 Å². The van der Waals surface area contributed by atoms with E-state index >= 15 is 0 Å². The molecule has 9 heteroatoms. The third-order valence-electron chi connectivity index (χ3n) is 4.74. The van der Waals surface area contributed by atoms with Gasteiger partial charge in [-0.25, -0.2) is 0 Å². The smallest absolute Gasteiger partial charge is 0.277 e. The van der Waals surface area contributed by atoms with Crippen LogP contribution in [0.1, 0.15) is 37.5 Å². The number of nitrogens with zero attached hydrogens (tertiary/aromatic N) is 3. The maximum atomic E-state index is 11.2. The van der Waals surface area contributed by atoms with E-state index in [1.807, 2.05) is 12.1 Å². The molecule has 0 fully saturated rings. The lowest BCUT2D eigenvalue weighted by Crippen LogP contribution is -2.13. The Labute approximate surface area is 177 Å². The van der Waals surface area contributed by atoms with E-state index in [4.69, 9.17) is 13.9 Å². The number of nitro groups is 1. The van der Waals surface area contributed by atoms with E-state index in [2.05, 4.69) is 43.1 Å². The lowest BCUT2D eigenvalue weighted by molar-refractivity contribution is -0.385. The summed E-state index contributed by atoms with van der Waals surface area (Å²) in [6.07, 6.45) is 0. The fourth-order valence-corrected chi connectivity index (χ4v) is 3.86. The van der Waals surface area contributed by atoms with Crippen molar-refractivity contribution in [1.29, 1.82) is 0 Å². The van der Waals surface area contributed by atoms with Gasteiger partial charge in [-0.1, -0.05) is 44.7 Å². The summed E-state index contributed by atoms with van der Waals surface area (Å²) < 4.78 is 16.6. The van der Waals surface area contributed by atoms with Crippen molar-refractivity contribution in [2.75, 3.05) is 6.79 Å². The van der Waals surface area contributed by atoms with Gasteiger partial charge in [-0.05, 0) is 23.1 Å². The minimum Gasteiger partial charge on any atom is -0.467 e. The van der Waals surface area contributed by atoms with Crippen molar-refractivity contribution in [2.45, 2.75) is 43.8 Å². The molecule has 0 N–H and O–H groups in total. The Morgan fingerprint density at radius 2 is 1.93 bits per heavy atom. The molecule has 2 aromatic carbocycles. The molecule has 0 spiro atoms. The molecule has 1 aromatic heterocycles. The van der Waals surface area contributed by atoms with Gasteiger partial charge in [-0.2, -0.15) is 0 Å². The molecule has 156 valence electrons. The third kappa shape index (κ3) is 4.31. The zero-order valence-corrected chi connectivity index (χ0v) is 17.7. The van der Waals surface area contributed by atoms with Crippen LogP contribution in [0, 0.1) is 10.1 Å². The first-order valence-electron chi connectivity index (χ1n) is 9.39. The SMILES string of the molecule is CC(C)(C)c1ccc(-c2nnc(SCc3cc([N+](=O)[O-])cc4c3OCOC4)o2)cc1. The van der Waals surface area contributed by atoms with Crippen molar-refractivity contribution in [2.24, 2.45) is 0 Å². The van der Waals surface area contributed by atoms with E-state index in [1.54, 1.807) is 0 Å². The number of benzene rings is 2. The van der Waals surface area contributed by atoms with Gasteiger partial charge >= 0.3 is 0 Å². The van der Waals surface area contributed by atoms with Crippen molar-refractivity contribution in [3.05, 3.63) is 63.2 Å². The maximum Gasteiger partial charge on any atom is 0.277 e. The number of hydrogen-bond acceptors (Lipinski definition) is 8. The van der Waals surface area contributed by atoms with Crippen molar-refractivity contribution >= 4 is 17.4 Å². The average Bonchev–Trinajstić information content (AvgIpc) is 3.20. The van der Waals surface area contributed by atoms with Crippen LogP contribution < -0.4 is 4.74 Å². The van der Waals surface area contributed by atoms with Gasteiger partial charge < -0.3 is 13.9 Å². The molecule has 0 aliphatic carbocycles. The standard InChI is InChI=1S/C21H21N3O5S/c1-21(2,3)16-6-4-13(5-7-16)19-22-23-20(29-19)30-11-15-9-17(24(25)26)8-14-10-27-12-28-18(14)15/h4-9H,10-12H2,1-3H3. The van der Waals surface area contributed by atoms with Crippen LogP contribution in [0.5, 0.6) is 5.75 Å². The lowest BCUT2D eigenvalue weighted by atomic mass is 9.87. The van der Waals surface area contributed by atoms with E-state index in [0.717, 1.165) is 5.56 Å². The summed E-state index contributed by atoms with van der Waals surface area (Å²) in [5.41, 5.74) is 3.50. The van der Waals surface area contributed by atoms with Crippen LogP contribution in [-0.4, -0.2) is 21.9 Å². The van der Waals surface area contributed by atoms with Crippen LogP contribution in [-0.2, 0) is 22.5 Å². The molecule has 3 aromatic rings. The van der Waals surface area contributed by atoms with Crippen LogP contribution in [0.25, 0.3) is 11.5 Å². The van der Waals surface area contributed by atoms with Crippen LogP contribution in [0.4, 0.5) is 5.69 Å². The second-order valence-corrected chi connectivity index (χ2v) is 8.88. The number of nitro benzene ring substituents is 1. The summed E-state index contributed by atoms with van der Waals surface area (Å²) in [7, 11) is 0. The van der Waals surface area contributed by atoms with Gasteiger partial charge in [-0.3, -0.25) is 10.1 Å². The first-order valence-corrected chi connectivity index (χ1v) is 10.4. The fourth-order valence-electron chi connectivity index (χ4n) is 3.13. The van der Waals surface area contributed by atoms with Gasteiger partial charge in [0, 0.05) is 34.6 Å². The van der Waals surface area contributed by atoms with E-state index in [1.165, 1.54) is 29.5 Å². The van der Waals surface area contributed by atoms with Crippen molar-refractivity contribution in [1.82, 2.24) is 10.2 Å². The third-order valence-corrected chi connectivity index (χ3v) is 5.61.